The molecule has 0 N–H and O–H groups in total. The molecular weight excluding hydrogens is 262 g/mol. The first-order valence-electron chi connectivity index (χ1n) is 7.33. The van der Waals surface area contributed by atoms with Crippen molar-refractivity contribution >= 4 is 11.4 Å². The van der Waals surface area contributed by atoms with Crippen molar-refractivity contribution in [2.45, 2.75) is 19.3 Å². The lowest BCUT2D eigenvalue weighted by atomic mass is 9.95. The Labute approximate surface area is 126 Å². The molecule has 2 aromatic carbocycles. The number of hydrogen-bond acceptors (Lipinski definition) is 3. The maximum atomic E-state index is 5.81. The first-order valence-corrected chi connectivity index (χ1v) is 7.33. The van der Waals surface area contributed by atoms with Crippen LogP contribution in [0.3, 0.4) is 0 Å². The van der Waals surface area contributed by atoms with Gasteiger partial charge in [-0.15, -0.1) is 0 Å². The van der Waals surface area contributed by atoms with Crippen LogP contribution in [0.5, 0.6) is 11.5 Å². The van der Waals surface area contributed by atoms with E-state index in [0.717, 1.165) is 35.9 Å². The normalized spacial score (nSPS) is 16.8. The third-order valence-electron chi connectivity index (χ3n) is 4.18. The molecule has 0 fully saturated rings. The Hall–Kier alpha value is -2.16. The second-order valence-electron chi connectivity index (χ2n) is 5.52. The van der Waals surface area contributed by atoms with Crippen molar-refractivity contribution in [2.75, 3.05) is 25.7 Å². The topological polar surface area (TPSA) is 21.7 Å². The highest BCUT2D eigenvalue weighted by Crippen LogP contribution is 2.37. The van der Waals surface area contributed by atoms with Gasteiger partial charge in [0.25, 0.3) is 0 Å². The number of methoxy groups -OCH3 is 1. The lowest BCUT2D eigenvalue weighted by Gasteiger charge is -2.26. The summed E-state index contributed by atoms with van der Waals surface area (Å²) >= 11 is 0. The Bertz CT molecular complexity index is 622. The van der Waals surface area contributed by atoms with Crippen LogP contribution in [0.25, 0.3) is 0 Å². The Morgan fingerprint density at radius 2 is 1.81 bits per heavy atom. The van der Waals surface area contributed by atoms with E-state index in [-0.39, 0.29) is 0 Å². The Morgan fingerprint density at radius 1 is 1.10 bits per heavy atom. The van der Waals surface area contributed by atoms with Gasteiger partial charge in [-0.3, -0.25) is 0 Å². The van der Waals surface area contributed by atoms with Crippen molar-refractivity contribution in [1.29, 1.82) is 0 Å². The molecule has 3 nitrogen and oxygen atoms in total. The van der Waals surface area contributed by atoms with E-state index < -0.39 is 0 Å². The molecule has 110 valence electrons. The lowest BCUT2D eigenvalue weighted by Crippen LogP contribution is -2.14. The molecule has 1 atom stereocenters. The van der Waals surface area contributed by atoms with Crippen LogP contribution in [0, 0.1) is 0 Å². The molecule has 2 aromatic rings. The zero-order valence-corrected chi connectivity index (χ0v) is 12.8. The SMILES string of the molecule is COc1ccc(N(C)c2ccc3c(c2)OCCC3C)cc1. The molecular formula is C18H21NO2. The van der Waals surface area contributed by atoms with Gasteiger partial charge in [0.05, 0.1) is 13.7 Å². The first kappa shape index (κ1) is 13.8. The van der Waals surface area contributed by atoms with Gasteiger partial charge in [-0.05, 0) is 48.2 Å². The second-order valence-corrected chi connectivity index (χ2v) is 5.52. The number of benzene rings is 2. The molecule has 1 aliphatic heterocycles. The lowest BCUT2D eigenvalue weighted by molar-refractivity contribution is 0.272. The molecule has 0 radical (unpaired) electrons. The van der Waals surface area contributed by atoms with Crippen LogP contribution < -0.4 is 14.4 Å². The minimum absolute atomic E-state index is 0.578. The molecule has 3 heteroatoms. The highest BCUT2D eigenvalue weighted by atomic mass is 16.5. The van der Waals surface area contributed by atoms with E-state index in [9.17, 15) is 0 Å². The van der Waals surface area contributed by atoms with Gasteiger partial charge in [0.2, 0.25) is 0 Å². The number of anilines is 2. The molecule has 3 rings (SSSR count). The monoisotopic (exact) mass is 283 g/mol. The third-order valence-corrected chi connectivity index (χ3v) is 4.18. The second kappa shape index (κ2) is 5.68. The highest BCUT2D eigenvalue weighted by molar-refractivity contribution is 5.65. The Balaban J connectivity index is 1.88. The summed E-state index contributed by atoms with van der Waals surface area (Å²) in [5.41, 5.74) is 3.57. The van der Waals surface area contributed by atoms with Gasteiger partial charge in [0.1, 0.15) is 11.5 Å². The van der Waals surface area contributed by atoms with Gasteiger partial charge < -0.3 is 14.4 Å². The largest absolute Gasteiger partial charge is 0.497 e. The average molecular weight is 283 g/mol. The molecule has 1 aliphatic rings. The predicted molar refractivity (Wildman–Crippen MR) is 86.0 cm³/mol. The Morgan fingerprint density at radius 3 is 2.52 bits per heavy atom. The summed E-state index contributed by atoms with van der Waals surface area (Å²) in [6.07, 6.45) is 1.10. The van der Waals surface area contributed by atoms with Crippen LogP contribution in [0.2, 0.25) is 0 Å². The zero-order valence-electron chi connectivity index (χ0n) is 12.8. The molecule has 0 aromatic heterocycles. The summed E-state index contributed by atoms with van der Waals surface area (Å²) in [6.45, 7) is 3.07. The van der Waals surface area contributed by atoms with Crippen LogP contribution in [0.4, 0.5) is 11.4 Å². The van der Waals surface area contributed by atoms with Crippen LogP contribution in [-0.4, -0.2) is 20.8 Å². The summed E-state index contributed by atoms with van der Waals surface area (Å²) in [5.74, 6) is 2.47. The average Bonchev–Trinajstić information content (AvgIpc) is 2.54. The molecule has 1 unspecified atom stereocenters. The van der Waals surface area contributed by atoms with Gasteiger partial charge in [0, 0.05) is 24.5 Å². The van der Waals surface area contributed by atoms with Gasteiger partial charge in [-0.1, -0.05) is 13.0 Å². The summed E-state index contributed by atoms with van der Waals surface area (Å²) in [7, 11) is 3.75. The van der Waals surface area contributed by atoms with E-state index in [2.05, 4.69) is 49.2 Å². The smallest absolute Gasteiger partial charge is 0.124 e. The van der Waals surface area contributed by atoms with Crippen LogP contribution >= 0.6 is 0 Å². The molecule has 0 amide bonds. The fourth-order valence-electron chi connectivity index (χ4n) is 2.72. The van der Waals surface area contributed by atoms with Crippen molar-refractivity contribution in [3.05, 3.63) is 48.0 Å². The van der Waals surface area contributed by atoms with Gasteiger partial charge >= 0.3 is 0 Å². The summed E-state index contributed by atoms with van der Waals surface area (Å²) in [4.78, 5) is 2.16. The molecule has 0 saturated carbocycles. The maximum Gasteiger partial charge on any atom is 0.124 e. The molecule has 21 heavy (non-hydrogen) atoms. The third kappa shape index (κ3) is 2.68. The van der Waals surface area contributed by atoms with Crippen LogP contribution in [-0.2, 0) is 0 Å². The van der Waals surface area contributed by atoms with E-state index in [1.807, 2.05) is 12.1 Å². The molecule has 1 heterocycles. The van der Waals surface area contributed by atoms with Crippen LogP contribution in [0.15, 0.2) is 42.5 Å². The van der Waals surface area contributed by atoms with Gasteiger partial charge in [-0.25, -0.2) is 0 Å². The Kier molecular flexibility index (Phi) is 3.74. The fourth-order valence-corrected chi connectivity index (χ4v) is 2.72. The van der Waals surface area contributed by atoms with Gasteiger partial charge in [-0.2, -0.15) is 0 Å². The predicted octanol–water partition coefficient (Wildman–Crippen LogP) is 4.35. The number of hydrogen-bond donors (Lipinski definition) is 0. The van der Waals surface area contributed by atoms with Crippen LogP contribution in [0.1, 0.15) is 24.8 Å². The highest BCUT2D eigenvalue weighted by Gasteiger charge is 2.18. The quantitative estimate of drug-likeness (QED) is 0.836. The number of ether oxygens (including phenoxy) is 2. The van der Waals surface area contributed by atoms with Crippen molar-refractivity contribution < 1.29 is 9.47 Å². The number of rotatable bonds is 3. The molecule has 0 aliphatic carbocycles. The molecule has 0 bridgehead atoms. The number of nitrogens with zero attached hydrogens (tertiary/aromatic N) is 1. The standard InChI is InChI=1S/C18H21NO2/c1-13-10-11-21-18-12-15(6-9-17(13)18)19(2)14-4-7-16(20-3)8-5-14/h4-9,12-13H,10-11H2,1-3H3. The van der Waals surface area contributed by atoms with Gasteiger partial charge in [0.15, 0.2) is 0 Å². The van der Waals surface area contributed by atoms with Crippen molar-refractivity contribution in [3.8, 4) is 11.5 Å². The van der Waals surface area contributed by atoms with E-state index in [1.54, 1.807) is 7.11 Å². The van der Waals surface area contributed by atoms with E-state index in [4.69, 9.17) is 9.47 Å². The summed E-state index contributed by atoms with van der Waals surface area (Å²) in [6, 6.07) is 14.5. The maximum absolute atomic E-state index is 5.81. The molecule has 0 saturated heterocycles. The fraction of sp³-hybridized carbons (Fsp3) is 0.333. The first-order chi connectivity index (χ1) is 10.2. The zero-order chi connectivity index (χ0) is 14.8. The molecule has 0 spiro atoms. The minimum Gasteiger partial charge on any atom is -0.497 e. The minimum atomic E-state index is 0.578. The van der Waals surface area contributed by atoms with E-state index in [1.165, 1.54) is 5.56 Å². The van der Waals surface area contributed by atoms with E-state index in [0.29, 0.717) is 5.92 Å². The van der Waals surface area contributed by atoms with E-state index >= 15 is 0 Å². The van der Waals surface area contributed by atoms with Crippen molar-refractivity contribution in [2.24, 2.45) is 0 Å². The van der Waals surface area contributed by atoms with Crippen molar-refractivity contribution in [3.63, 3.8) is 0 Å². The summed E-state index contributed by atoms with van der Waals surface area (Å²) in [5, 5.41) is 0. The van der Waals surface area contributed by atoms with Crippen molar-refractivity contribution in [1.82, 2.24) is 0 Å². The summed E-state index contributed by atoms with van der Waals surface area (Å²) < 4.78 is 11.0. The number of fused-ring (bicyclic) bond motifs is 1.